The lowest BCUT2D eigenvalue weighted by molar-refractivity contribution is -0.141. The van der Waals surface area contributed by atoms with Gasteiger partial charge in [-0.15, -0.1) is 0 Å². The van der Waals surface area contributed by atoms with Crippen molar-refractivity contribution in [2.24, 2.45) is 0 Å². The van der Waals surface area contributed by atoms with Gasteiger partial charge in [-0.2, -0.15) is 11.8 Å². The highest BCUT2D eigenvalue weighted by atomic mass is 32.2. The number of amides is 1. The van der Waals surface area contributed by atoms with Gasteiger partial charge in [0.2, 0.25) is 5.91 Å². The largest absolute Gasteiger partial charge is 0.481 e. The standard InChI is InChI=1S/C22H35NO5S/c1-16(2)7-5-8-17(3)9-6-10-18(4)13-14-29-15-19(22(27)28)23-20(24)11-12-21(25)26/h7,9,13,19H,5-6,8,10-12,14-15H2,1-4H3,(H,23,24)(H,25,26)(H,27,28). The molecule has 6 nitrogen and oxygen atoms in total. The van der Waals surface area contributed by atoms with Gasteiger partial charge in [-0.25, -0.2) is 4.79 Å². The zero-order valence-corrected chi connectivity index (χ0v) is 18.8. The lowest BCUT2D eigenvalue weighted by Gasteiger charge is -2.13. The van der Waals surface area contributed by atoms with Crippen molar-refractivity contribution in [1.82, 2.24) is 5.32 Å². The second-order valence-corrected chi connectivity index (χ2v) is 8.42. The van der Waals surface area contributed by atoms with E-state index < -0.39 is 23.9 Å². The van der Waals surface area contributed by atoms with Crippen LogP contribution in [0.2, 0.25) is 0 Å². The second-order valence-electron chi connectivity index (χ2n) is 7.35. The molecule has 0 aromatic carbocycles. The minimum absolute atomic E-state index is 0.218. The number of carbonyl (C=O) groups is 3. The van der Waals surface area contributed by atoms with Gasteiger partial charge >= 0.3 is 11.9 Å². The molecule has 0 heterocycles. The molecule has 0 bridgehead atoms. The zero-order valence-electron chi connectivity index (χ0n) is 18.0. The molecular formula is C22H35NO5S. The van der Waals surface area contributed by atoms with E-state index in [2.05, 4.69) is 51.2 Å². The maximum Gasteiger partial charge on any atom is 0.327 e. The Balaban J connectivity index is 4.20. The maximum atomic E-state index is 11.6. The Morgan fingerprint density at radius 2 is 1.45 bits per heavy atom. The Hall–Kier alpha value is -2.02. The summed E-state index contributed by atoms with van der Waals surface area (Å²) in [6.07, 6.45) is 10.2. The summed E-state index contributed by atoms with van der Waals surface area (Å²) >= 11 is 1.43. The smallest absolute Gasteiger partial charge is 0.327 e. The molecule has 1 atom stereocenters. The molecule has 29 heavy (non-hydrogen) atoms. The highest BCUT2D eigenvalue weighted by Crippen LogP contribution is 2.13. The molecule has 0 rings (SSSR count). The minimum Gasteiger partial charge on any atom is -0.481 e. The number of hydrogen-bond acceptors (Lipinski definition) is 4. The Labute approximate surface area is 178 Å². The van der Waals surface area contributed by atoms with E-state index >= 15 is 0 Å². The van der Waals surface area contributed by atoms with Crippen molar-refractivity contribution in [1.29, 1.82) is 0 Å². The summed E-state index contributed by atoms with van der Waals surface area (Å²) in [7, 11) is 0. The van der Waals surface area contributed by atoms with Crippen LogP contribution in [0.25, 0.3) is 0 Å². The van der Waals surface area contributed by atoms with Crippen LogP contribution in [0.3, 0.4) is 0 Å². The number of carboxylic acids is 2. The van der Waals surface area contributed by atoms with Gasteiger partial charge < -0.3 is 15.5 Å². The predicted octanol–water partition coefficient (Wildman–Crippen LogP) is 4.57. The van der Waals surface area contributed by atoms with Gasteiger partial charge in [-0.05, 0) is 53.4 Å². The van der Waals surface area contributed by atoms with Crippen LogP contribution >= 0.6 is 11.8 Å². The number of rotatable bonds is 15. The summed E-state index contributed by atoms with van der Waals surface area (Å²) in [4.78, 5) is 33.3. The van der Waals surface area contributed by atoms with Crippen molar-refractivity contribution >= 4 is 29.6 Å². The normalized spacial score (nSPS) is 13.0. The van der Waals surface area contributed by atoms with Gasteiger partial charge in [0.15, 0.2) is 0 Å². The molecule has 0 aliphatic heterocycles. The fourth-order valence-electron chi connectivity index (χ4n) is 2.39. The molecule has 7 heteroatoms. The highest BCUT2D eigenvalue weighted by Gasteiger charge is 2.19. The Morgan fingerprint density at radius 1 is 0.862 bits per heavy atom. The molecule has 0 saturated heterocycles. The van der Waals surface area contributed by atoms with Crippen molar-refractivity contribution in [2.45, 2.75) is 72.3 Å². The van der Waals surface area contributed by atoms with E-state index in [-0.39, 0.29) is 18.6 Å². The van der Waals surface area contributed by atoms with Crippen LogP contribution < -0.4 is 5.32 Å². The van der Waals surface area contributed by atoms with Crippen LogP contribution in [-0.2, 0) is 14.4 Å². The molecule has 3 N–H and O–H groups in total. The first-order chi connectivity index (χ1) is 13.6. The maximum absolute atomic E-state index is 11.6. The van der Waals surface area contributed by atoms with Crippen LogP contribution in [-0.4, -0.2) is 45.6 Å². The molecule has 0 aromatic heterocycles. The Morgan fingerprint density at radius 3 is 2.00 bits per heavy atom. The molecule has 0 spiro atoms. The van der Waals surface area contributed by atoms with E-state index in [1.54, 1.807) is 0 Å². The summed E-state index contributed by atoms with van der Waals surface area (Å²) in [6.45, 7) is 8.44. The molecule has 0 aliphatic carbocycles. The zero-order chi connectivity index (χ0) is 22.2. The first-order valence-corrected chi connectivity index (χ1v) is 11.0. The Kier molecular flexibility index (Phi) is 14.7. The first kappa shape index (κ1) is 27.0. The molecule has 164 valence electrons. The Bertz CT molecular complexity index is 633. The fourth-order valence-corrected chi connectivity index (χ4v) is 3.39. The van der Waals surface area contributed by atoms with E-state index in [0.717, 1.165) is 25.7 Å². The minimum atomic E-state index is -1.12. The van der Waals surface area contributed by atoms with Crippen LogP contribution in [0.1, 0.15) is 66.2 Å². The summed E-state index contributed by atoms with van der Waals surface area (Å²) in [5.41, 5.74) is 4.00. The predicted molar refractivity (Wildman–Crippen MR) is 119 cm³/mol. The summed E-state index contributed by atoms with van der Waals surface area (Å²) in [5.74, 6) is -1.85. The average molecular weight is 426 g/mol. The molecule has 0 saturated carbocycles. The van der Waals surface area contributed by atoms with E-state index in [1.807, 2.05) is 0 Å². The number of carbonyl (C=O) groups excluding carboxylic acids is 1. The molecule has 0 aliphatic rings. The number of thioether (sulfide) groups is 1. The van der Waals surface area contributed by atoms with E-state index in [1.165, 1.54) is 28.5 Å². The number of aliphatic carboxylic acids is 2. The van der Waals surface area contributed by atoms with Crippen LogP contribution in [0.5, 0.6) is 0 Å². The molecular weight excluding hydrogens is 390 g/mol. The van der Waals surface area contributed by atoms with E-state index in [0.29, 0.717) is 5.75 Å². The SMILES string of the molecule is CC(C)=CCCC(C)=CCCC(C)=CCSCC(NC(=O)CCC(=O)O)C(=O)O. The van der Waals surface area contributed by atoms with Crippen molar-refractivity contribution in [2.75, 3.05) is 11.5 Å². The number of allylic oxidation sites excluding steroid dienone is 5. The van der Waals surface area contributed by atoms with Crippen LogP contribution in [0.4, 0.5) is 0 Å². The van der Waals surface area contributed by atoms with Gasteiger partial charge in [-0.1, -0.05) is 34.9 Å². The number of hydrogen-bond donors (Lipinski definition) is 3. The first-order valence-electron chi connectivity index (χ1n) is 9.88. The van der Waals surface area contributed by atoms with Gasteiger partial charge in [0.05, 0.1) is 6.42 Å². The fraction of sp³-hybridized carbons (Fsp3) is 0.591. The quantitative estimate of drug-likeness (QED) is 0.262. The molecule has 0 fully saturated rings. The third-order valence-corrected chi connectivity index (χ3v) is 5.13. The van der Waals surface area contributed by atoms with Crippen molar-refractivity contribution in [3.05, 3.63) is 34.9 Å². The molecule has 0 aromatic rings. The molecule has 1 amide bonds. The molecule has 1 unspecified atom stereocenters. The van der Waals surface area contributed by atoms with Gasteiger partial charge in [0.1, 0.15) is 6.04 Å². The van der Waals surface area contributed by atoms with Crippen molar-refractivity contribution in [3.63, 3.8) is 0 Å². The highest BCUT2D eigenvalue weighted by molar-refractivity contribution is 7.99. The van der Waals surface area contributed by atoms with Crippen molar-refractivity contribution < 1.29 is 24.6 Å². The monoisotopic (exact) mass is 425 g/mol. The molecule has 0 radical (unpaired) electrons. The van der Waals surface area contributed by atoms with Crippen LogP contribution in [0, 0.1) is 0 Å². The topological polar surface area (TPSA) is 104 Å². The van der Waals surface area contributed by atoms with Crippen LogP contribution in [0.15, 0.2) is 34.9 Å². The van der Waals surface area contributed by atoms with Crippen molar-refractivity contribution in [3.8, 4) is 0 Å². The number of carboxylic acid groups (broad SMARTS) is 2. The summed E-state index contributed by atoms with van der Waals surface area (Å²) in [6, 6.07) is -1.01. The lowest BCUT2D eigenvalue weighted by Crippen LogP contribution is -2.42. The van der Waals surface area contributed by atoms with Gasteiger partial charge in [0.25, 0.3) is 0 Å². The summed E-state index contributed by atoms with van der Waals surface area (Å²) in [5, 5.41) is 20.1. The van der Waals surface area contributed by atoms with Gasteiger partial charge in [0, 0.05) is 17.9 Å². The number of nitrogens with one attached hydrogen (secondary N) is 1. The lowest BCUT2D eigenvalue weighted by atomic mass is 10.1. The van der Waals surface area contributed by atoms with E-state index in [4.69, 9.17) is 5.11 Å². The third kappa shape index (κ3) is 16.6. The van der Waals surface area contributed by atoms with E-state index in [9.17, 15) is 19.5 Å². The third-order valence-electron chi connectivity index (χ3n) is 4.16. The van der Waals surface area contributed by atoms with Gasteiger partial charge in [-0.3, -0.25) is 9.59 Å². The second kappa shape index (κ2) is 15.9. The summed E-state index contributed by atoms with van der Waals surface area (Å²) < 4.78 is 0. The average Bonchev–Trinajstić information content (AvgIpc) is 2.61.